The summed E-state index contributed by atoms with van der Waals surface area (Å²) in [5, 5.41) is 3.07. The highest BCUT2D eigenvalue weighted by Gasteiger charge is 2.28. The standard InChI is InChI=1S/C15H21NO2S/c1-11(12-3-4-12)16-15(17)9-10-19-14-7-5-13(18-2)6-8-14/h5-8,11-12H,3-4,9-10H2,1-2H3,(H,16,17). The van der Waals surface area contributed by atoms with Crippen LogP contribution in [-0.2, 0) is 4.79 Å². The molecule has 0 spiro atoms. The molecule has 1 saturated carbocycles. The van der Waals surface area contributed by atoms with Crippen LogP contribution >= 0.6 is 11.8 Å². The maximum Gasteiger partial charge on any atom is 0.221 e. The van der Waals surface area contributed by atoms with Gasteiger partial charge in [-0.05, 0) is 49.9 Å². The molecule has 1 aromatic carbocycles. The van der Waals surface area contributed by atoms with Crippen LogP contribution in [0.4, 0.5) is 0 Å². The van der Waals surface area contributed by atoms with Crippen molar-refractivity contribution in [2.75, 3.05) is 12.9 Å². The van der Waals surface area contributed by atoms with Gasteiger partial charge < -0.3 is 10.1 Å². The monoisotopic (exact) mass is 279 g/mol. The molecule has 1 aliphatic carbocycles. The molecule has 104 valence electrons. The Morgan fingerprint density at radius 3 is 2.68 bits per heavy atom. The first kappa shape index (κ1) is 14.3. The predicted molar refractivity (Wildman–Crippen MR) is 78.7 cm³/mol. The van der Waals surface area contributed by atoms with Gasteiger partial charge in [-0.15, -0.1) is 11.8 Å². The molecule has 1 unspecified atom stereocenters. The lowest BCUT2D eigenvalue weighted by Crippen LogP contribution is -2.34. The summed E-state index contributed by atoms with van der Waals surface area (Å²) in [4.78, 5) is 12.9. The molecule has 0 heterocycles. The van der Waals surface area contributed by atoms with Crippen LogP contribution in [0.15, 0.2) is 29.2 Å². The molecule has 4 heteroatoms. The SMILES string of the molecule is COc1ccc(SCCC(=O)NC(C)C2CC2)cc1. The summed E-state index contributed by atoms with van der Waals surface area (Å²) in [5.41, 5.74) is 0. The molecule has 0 saturated heterocycles. The predicted octanol–water partition coefficient (Wildman–Crippen LogP) is 3.09. The Morgan fingerprint density at radius 1 is 1.42 bits per heavy atom. The molecular weight excluding hydrogens is 258 g/mol. The van der Waals surface area contributed by atoms with E-state index in [1.165, 1.54) is 17.7 Å². The third-order valence-electron chi connectivity index (χ3n) is 3.38. The molecule has 1 N–H and O–H groups in total. The third kappa shape index (κ3) is 4.78. The molecule has 0 radical (unpaired) electrons. The van der Waals surface area contributed by atoms with Crippen LogP contribution in [0.5, 0.6) is 5.75 Å². The number of methoxy groups -OCH3 is 1. The van der Waals surface area contributed by atoms with Gasteiger partial charge in [0.25, 0.3) is 0 Å². The largest absolute Gasteiger partial charge is 0.497 e. The van der Waals surface area contributed by atoms with Crippen LogP contribution in [0.25, 0.3) is 0 Å². The minimum absolute atomic E-state index is 0.167. The van der Waals surface area contributed by atoms with Crippen molar-refractivity contribution in [2.24, 2.45) is 5.92 Å². The first-order chi connectivity index (χ1) is 9.19. The van der Waals surface area contributed by atoms with Gasteiger partial charge in [-0.3, -0.25) is 4.79 Å². The lowest BCUT2D eigenvalue weighted by atomic mass is 10.2. The summed E-state index contributed by atoms with van der Waals surface area (Å²) < 4.78 is 5.11. The van der Waals surface area contributed by atoms with Crippen LogP contribution in [0.1, 0.15) is 26.2 Å². The first-order valence-electron chi connectivity index (χ1n) is 6.75. The van der Waals surface area contributed by atoms with Gasteiger partial charge in [-0.1, -0.05) is 0 Å². The summed E-state index contributed by atoms with van der Waals surface area (Å²) in [7, 11) is 1.66. The Kier molecular flexibility index (Phi) is 5.14. The number of thioether (sulfide) groups is 1. The highest BCUT2D eigenvalue weighted by molar-refractivity contribution is 7.99. The molecule has 1 aromatic rings. The second kappa shape index (κ2) is 6.85. The first-order valence-corrected chi connectivity index (χ1v) is 7.74. The molecule has 1 aliphatic rings. The molecule has 0 aliphatic heterocycles. The van der Waals surface area contributed by atoms with Crippen molar-refractivity contribution in [1.29, 1.82) is 0 Å². The zero-order valence-electron chi connectivity index (χ0n) is 11.5. The van der Waals surface area contributed by atoms with Gasteiger partial charge in [0, 0.05) is 23.1 Å². The molecule has 19 heavy (non-hydrogen) atoms. The van der Waals surface area contributed by atoms with E-state index in [4.69, 9.17) is 4.74 Å². The van der Waals surface area contributed by atoms with Crippen LogP contribution < -0.4 is 10.1 Å². The number of carbonyl (C=O) groups is 1. The van der Waals surface area contributed by atoms with Crippen LogP contribution in [0, 0.1) is 5.92 Å². The smallest absolute Gasteiger partial charge is 0.221 e. The van der Waals surface area contributed by atoms with Crippen molar-refractivity contribution in [3.63, 3.8) is 0 Å². The Balaban J connectivity index is 1.65. The molecule has 0 bridgehead atoms. The van der Waals surface area contributed by atoms with E-state index in [0.717, 1.165) is 17.4 Å². The Labute approximate surface area is 119 Å². The average molecular weight is 279 g/mol. The number of rotatable bonds is 7. The van der Waals surface area contributed by atoms with E-state index in [0.29, 0.717) is 12.5 Å². The molecule has 1 atom stereocenters. The summed E-state index contributed by atoms with van der Waals surface area (Å²) in [6, 6.07) is 8.27. The van der Waals surface area contributed by atoms with Crippen LogP contribution in [-0.4, -0.2) is 24.8 Å². The summed E-state index contributed by atoms with van der Waals surface area (Å²) >= 11 is 1.70. The summed E-state index contributed by atoms with van der Waals surface area (Å²) in [6.07, 6.45) is 3.11. The molecule has 2 rings (SSSR count). The third-order valence-corrected chi connectivity index (χ3v) is 4.39. The Bertz CT molecular complexity index is 415. The van der Waals surface area contributed by atoms with Gasteiger partial charge >= 0.3 is 0 Å². The second-order valence-corrected chi connectivity index (χ2v) is 6.14. The second-order valence-electron chi connectivity index (χ2n) is 4.97. The number of hydrogen-bond donors (Lipinski definition) is 1. The van der Waals surface area contributed by atoms with Crippen molar-refractivity contribution in [2.45, 2.75) is 37.1 Å². The fourth-order valence-electron chi connectivity index (χ4n) is 1.97. The maximum atomic E-state index is 11.7. The zero-order valence-corrected chi connectivity index (χ0v) is 12.3. The lowest BCUT2D eigenvalue weighted by molar-refractivity contribution is -0.121. The quantitative estimate of drug-likeness (QED) is 0.779. The average Bonchev–Trinajstić information content (AvgIpc) is 3.24. The van der Waals surface area contributed by atoms with Gasteiger partial charge in [0.2, 0.25) is 5.91 Å². The normalized spacial score (nSPS) is 15.9. The van der Waals surface area contributed by atoms with E-state index < -0.39 is 0 Å². The fraction of sp³-hybridized carbons (Fsp3) is 0.533. The van der Waals surface area contributed by atoms with E-state index in [2.05, 4.69) is 12.2 Å². The van der Waals surface area contributed by atoms with E-state index in [9.17, 15) is 4.79 Å². The maximum absolute atomic E-state index is 11.7. The van der Waals surface area contributed by atoms with Gasteiger partial charge in [-0.25, -0.2) is 0 Å². The number of ether oxygens (including phenoxy) is 1. The minimum atomic E-state index is 0.167. The molecule has 1 fully saturated rings. The number of hydrogen-bond acceptors (Lipinski definition) is 3. The van der Waals surface area contributed by atoms with E-state index in [1.54, 1.807) is 18.9 Å². The molecule has 3 nitrogen and oxygen atoms in total. The van der Waals surface area contributed by atoms with Crippen molar-refractivity contribution >= 4 is 17.7 Å². The van der Waals surface area contributed by atoms with Crippen molar-refractivity contribution in [3.8, 4) is 5.75 Å². The van der Waals surface area contributed by atoms with Crippen LogP contribution in [0.3, 0.4) is 0 Å². The molecule has 0 aromatic heterocycles. The Hall–Kier alpha value is -1.16. The topological polar surface area (TPSA) is 38.3 Å². The van der Waals surface area contributed by atoms with Crippen LogP contribution in [0.2, 0.25) is 0 Å². The fourth-order valence-corrected chi connectivity index (χ4v) is 2.83. The minimum Gasteiger partial charge on any atom is -0.497 e. The molecular formula is C15H21NO2S. The number of carbonyl (C=O) groups excluding carboxylic acids is 1. The van der Waals surface area contributed by atoms with Gasteiger partial charge in [0.05, 0.1) is 7.11 Å². The van der Waals surface area contributed by atoms with Crippen molar-refractivity contribution in [3.05, 3.63) is 24.3 Å². The van der Waals surface area contributed by atoms with E-state index in [1.807, 2.05) is 24.3 Å². The van der Waals surface area contributed by atoms with Crippen molar-refractivity contribution < 1.29 is 9.53 Å². The van der Waals surface area contributed by atoms with Crippen molar-refractivity contribution in [1.82, 2.24) is 5.32 Å². The van der Waals surface area contributed by atoms with E-state index >= 15 is 0 Å². The highest BCUT2D eigenvalue weighted by Crippen LogP contribution is 2.32. The zero-order chi connectivity index (χ0) is 13.7. The highest BCUT2D eigenvalue weighted by atomic mass is 32.2. The van der Waals surface area contributed by atoms with Gasteiger partial charge in [0.15, 0.2) is 0 Å². The van der Waals surface area contributed by atoms with E-state index in [-0.39, 0.29) is 5.91 Å². The van der Waals surface area contributed by atoms with Gasteiger partial charge in [-0.2, -0.15) is 0 Å². The number of benzene rings is 1. The summed E-state index contributed by atoms with van der Waals surface area (Å²) in [5.74, 6) is 2.56. The number of amides is 1. The summed E-state index contributed by atoms with van der Waals surface area (Å²) in [6.45, 7) is 2.10. The number of nitrogens with one attached hydrogen (secondary N) is 1. The lowest BCUT2D eigenvalue weighted by Gasteiger charge is -2.12. The van der Waals surface area contributed by atoms with Gasteiger partial charge in [0.1, 0.15) is 5.75 Å². The Morgan fingerprint density at radius 2 is 2.11 bits per heavy atom. The molecule has 1 amide bonds.